The standard InChI is InChI=1S/C12H20BrN3O/c1-8(2)5-10-11(13)12-14-6-9(3-4-17)7-16(12)15-10/h8-9,14,17H,3-7H2,1-2H3. The maximum Gasteiger partial charge on any atom is 0.139 e. The first-order chi connectivity index (χ1) is 8.11. The van der Waals surface area contributed by atoms with Crippen molar-refractivity contribution in [3.63, 3.8) is 0 Å². The van der Waals surface area contributed by atoms with Crippen molar-refractivity contribution in [3.05, 3.63) is 10.2 Å². The van der Waals surface area contributed by atoms with Crippen molar-refractivity contribution in [2.24, 2.45) is 11.8 Å². The molecular weight excluding hydrogens is 282 g/mol. The van der Waals surface area contributed by atoms with Gasteiger partial charge in [0, 0.05) is 19.7 Å². The van der Waals surface area contributed by atoms with Crippen LogP contribution in [0.2, 0.25) is 0 Å². The first-order valence-electron chi connectivity index (χ1n) is 6.21. The van der Waals surface area contributed by atoms with E-state index in [2.05, 4.69) is 40.2 Å². The monoisotopic (exact) mass is 301 g/mol. The fourth-order valence-electron chi connectivity index (χ4n) is 2.23. The summed E-state index contributed by atoms with van der Waals surface area (Å²) in [6, 6.07) is 0. The zero-order chi connectivity index (χ0) is 12.4. The number of rotatable bonds is 4. The number of hydrogen-bond acceptors (Lipinski definition) is 3. The molecule has 0 amide bonds. The number of hydrogen-bond donors (Lipinski definition) is 2. The number of aromatic nitrogens is 2. The lowest BCUT2D eigenvalue weighted by atomic mass is 10.1. The molecule has 5 heteroatoms. The summed E-state index contributed by atoms with van der Waals surface area (Å²) < 4.78 is 3.14. The summed E-state index contributed by atoms with van der Waals surface area (Å²) in [5.41, 5.74) is 1.13. The lowest BCUT2D eigenvalue weighted by Crippen LogP contribution is -2.28. The Morgan fingerprint density at radius 2 is 2.35 bits per heavy atom. The molecule has 0 spiro atoms. The van der Waals surface area contributed by atoms with Gasteiger partial charge in [0.1, 0.15) is 5.82 Å². The number of aliphatic hydroxyl groups excluding tert-OH is 1. The van der Waals surface area contributed by atoms with E-state index < -0.39 is 0 Å². The van der Waals surface area contributed by atoms with E-state index in [0.717, 1.165) is 41.9 Å². The predicted molar refractivity (Wildman–Crippen MR) is 72.2 cm³/mol. The van der Waals surface area contributed by atoms with E-state index in [9.17, 15) is 0 Å². The lowest BCUT2D eigenvalue weighted by Gasteiger charge is -2.24. The van der Waals surface area contributed by atoms with E-state index >= 15 is 0 Å². The molecule has 0 bridgehead atoms. The average Bonchev–Trinajstić information content (AvgIpc) is 2.55. The molecule has 1 aromatic rings. The molecule has 4 nitrogen and oxygen atoms in total. The van der Waals surface area contributed by atoms with Gasteiger partial charge < -0.3 is 10.4 Å². The van der Waals surface area contributed by atoms with Gasteiger partial charge in [-0.25, -0.2) is 4.68 Å². The molecule has 2 heterocycles. The molecule has 1 unspecified atom stereocenters. The van der Waals surface area contributed by atoms with Crippen LogP contribution in [0.15, 0.2) is 4.47 Å². The molecule has 96 valence electrons. The fraction of sp³-hybridized carbons (Fsp3) is 0.750. The second-order valence-electron chi connectivity index (χ2n) is 5.15. The molecule has 0 fully saturated rings. The van der Waals surface area contributed by atoms with Crippen molar-refractivity contribution in [1.29, 1.82) is 0 Å². The average molecular weight is 302 g/mol. The van der Waals surface area contributed by atoms with Crippen LogP contribution in [-0.4, -0.2) is 28.0 Å². The number of nitrogens with one attached hydrogen (secondary N) is 1. The van der Waals surface area contributed by atoms with Crippen LogP contribution in [0.4, 0.5) is 5.82 Å². The van der Waals surface area contributed by atoms with Crippen LogP contribution in [0, 0.1) is 11.8 Å². The molecule has 2 rings (SSSR count). The van der Waals surface area contributed by atoms with Gasteiger partial charge in [0.05, 0.1) is 10.2 Å². The van der Waals surface area contributed by atoms with Crippen molar-refractivity contribution < 1.29 is 5.11 Å². The van der Waals surface area contributed by atoms with Crippen molar-refractivity contribution in [2.45, 2.75) is 33.2 Å². The highest BCUT2D eigenvalue weighted by molar-refractivity contribution is 9.10. The minimum absolute atomic E-state index is 0.253. The predicted octanol–water partition coefficient (Wildman–Crippen LogP) is 2.27. The number of anilines is 1. The number of fused-ring (bicyclic) bond motifs is 1. The van der Waals surface area contributed by atoms with Crippen LogP contribution in [-0.2, 0) is 13.0 Å². The third-order valence-corrected chi connectivity index (χ3v) is 3.92. The maximum absolute atomic E-state index is 8.98. The van der Waals surface area contributed by atoms with Gasteiger partial charge in [0.25, 0.3) is 0 Å². The van der Waals surface area contributed by atoms with Crippen molar-refractivity contribution in [1.82, 2.24) is 9.78 Å². The van der Waals surface area contributed by atoms with Gasteiger partial charge in [-0.2, -0.15) is 5.10 Å². The molecular formula is C12H20BrN3O. The quantitative estimate of drug-likeness (QED) is 0.897. The Kier molecular flexibility index (Phi) is 4.09. The first kappa shape index (κ1) is 12.9. The first-order valence-corrected chi connectivity index (χ1v) is 7.01. The van der Waals surface area contributed by atoms with E-state index in [0.29, 0.717) is 11.8 Å². The zero-order valence-corrected chi connectivity index (χ0v) is 12.0. The highest BCUT2D eigenvalue weighted by atomic mass is 79.9. The summed E-state index contributed by atoms with van der Waals surface area (Å²) in [7, 11) is 0. The SMILES string of the molecule is CC(C)Cc1nn2c(c1Br)NCC(CCO)C2. The summed E-state index contributed by atoms with van der Waals surface area (Å²) in [5, 5.41) is 17.0. The topological polar surface area (TPSA) is 50.1 Å². The van der Waals surface area contributed by atoms with Crippen molar-refractivity contribution in [3.8, 4) is 0 Å². The molecule has 1 aliphatic heterocycles. The van der Waals surface area contributed by atoms with Crippen LogP contribution in [0.5, 0.6) is 0 Å². The molecule has 1 atom stereocenters. The number of aliphatic hydroxyl groups is 1. The Morgan fingerprint density at radius 3 is 3.00 bits per heavy atom. The summed E-state index contributed by atoms with van der Waals surface area (Å²) in [6.45, 7) is 6.48. The highest BCUT2D eigenvalue weighted by Crippen LogP contribution is 2.31. The Bertz CT molecular complexity index is 389. The molecule has 0 saturated carbocycles. The Morgan fingerprint density at radius 1 is 1.59 bits per heavy atom. The molecule has 1 aromatic heterocycles. The summed E-state index contributed by atoms with van der Waals surface area (Å²) >= 11 is 3.63. The summed E-state index contributed by atoms with van der Waals surface area (Å²) in [6.07, 6.45) is 1.83. The third kappa shape index (κ3) is 2.83. The smallest absolute Gasteiger partial charge is 0.139 e. The molecule has 17 heavy (non-hydrogen) atoms. The van der Waals surface area contributed by atoms with Gasteiger partial charge in [0.2, 0.25) is 0 Å². The molecule has 1 aliphatic rings. The van der Waals surface area contributed by atoms with Gasteiger partial charge in [-0.3, -0.25) is 0 Å². The molecule has 2 N–H and O–H groups in total. The second kappa shape index (κ2) is 5.40. The summed E-state index contributed by atoms with van der Waals surface area (Å²) in [4.78, 5) is 0. The van der Waals surface area contributed by atoms with Crippen LogP contribution < -0.4 is 5.32 Å². The third-order valence-electron chi connectivity index (χ3n) is 3.09. The van der Waals surface area contributed by atoms with E-state index in [1.807, 2.05) is 4.68 Å². The Hall–Kier alpha value is -0.550. The highest BCUT2D eigenvalue weighted by Gasteiger charge is 2.23. The second-order valence-corrected chi connectivity index (χ2v) is 5.94. The Balaban J connectivity index is 2.16. The minimum atomic E-state index is 0.253. The number of nitrogens with zero attached hydrogens (tertiary/aromatic N) is 2. The van der Waals surface area contributed by atoms with Gasteiger partial charge in [0.15, 0.2) is 0 Å². The zero-order valence-electron chi connectivity index (χ0n) is 10.4. The summed E-state index contributed by atoms with van der Waals surface area (Å²) in [5.74, 6) is 2.18. The molecule has 0 radical (unpaired) electrons. The Labute approximate surface area is 111 Å². The van der Waals surface area contributed by atoms with E-state index in [1.165, 1.54) is 0 Å². The van der Waals surface area contributed by atoms with E-state index in [1.54, 1.807) is 0 Å². The number of halogens is 1. The maximum atomic E-state index is 8.98. The van der Waals surface area contributed by atoms with Crippen LogP contribution in [0.1, 0.15) is 26.0 Å². The van der Waals surface area contributed by atoms with Crippen molar-refractivity contribution in [2.75, 3.05) is 18.5 Å². The van der Waals surface area contributed by atoms with Crippen molar-refractivity contribution >= 4 is 21.7 Å². The fourth-order valence-corrected chi connectivity index (χ4v) is 2.82. The lowest BCUT2D eigenvalue weighted by molar-refractivity contribution is 0.244. The van der Waals surface area contributed by atoms with Crippen LogP contribution in [0.3, 0.4) is 0 Å². The largest absolute Gasteiger partial charge is 0.396 e. The van der Waals surface area contributed by atoms with Crippen LogP contribution >= 0.6 is 15.9 Å². The van der Waals surface area contributed by atoms with E-state index in [-0.39, 0.29) is 6.61 Å². The van der Waals surface area contributed by atoms with Gasteiger partial charge in [-0.15, -0.1) is 0 Å². The van der Waals surface area contributed by atoms with Gasteiger partial charge in [-0.05, 0) is 40.6 Å². The molecule has 0 aromatic carbocycles. The van der Waals surface area contributed by atoms with Crippen LogP contribution in [0.25, 0.3) is 0 Å². The molecule has 0 aliphatic carbocycles. The normalized spacial score (nSPS) is 19.2. The van der Waals surface area contributed by atoms with Gasteiger partial charge in [-0.1, -0.05) is 13.8 Å². The van der Waals surface area contributed by atoms with Gasteiger partial charge >= 0.3 is 0 Å². The van der Waals surface area contributed by atoms with E-state index in [4.69, 9.17) is 5.11 Å². The minimum Gasteiger partial charge on any atom is -0.396 e. The molecule has 0 saturated heterocycles.